The van der Waals surface area contributed by atoms with Crippen LogP contribution in [0.3, 0.4) is 0 Å². The Hall–Kier alpha value is -1.90. The smallest absolute Gasteiger partial charge is 0.133 e. The molecule has 2 rings (SSSR count). The summed E-state index contributed by atoms with van der Waals surface area (Å²) in [6.45, 7) is 1.79. The van der Waals surface area contributed by atoms with Gasteiger partial charge in [-0.3, -0.25) is 0 Å². The van der Waals surface area contributed by atoms with Gasteiger partial charge in [0.15, 0.2) is 0 Å². The summed E-state index contributed by atoms with van der Waals surface area (Å²) in [4.78, 5) is 0. The summed E-state index contributed by atoms with van der Waals surface area (Å²) in [6, 6.07) is 8.72. The topological polar surface area (TPSA) is 26.0 Å². The molecule has 82 valence electrons. The molecule has 16 heavy (non-hydrogen) atoms. The van der Waals surface area contributed by atoms with E-state index in [2.05, 4.69) is 0 Å². The van der Waals surface area contributed by atoms with Gasteiger partial charge in [-0.05, 0) is 42.3 Å². The van der Waals surface area contributed by atoms with Crippen molar-refractivity contribution < 1.29 is 8.78 Å². The van der Waals surface area contributed by atoms with Crippen molar-refractivity contribution in [2.75, 3.05) is 5.73 Å². The van der Waals surface area contributed by atoms with Gasteiger partial charge in [-0.2, -0.15) is 0 Å². The van der Waals surface area contributed by atoms with Gasteiger partial charge in [0.2, 0.25) is 0 Å². The molecule has 2 aromatic carbocycles. The van der Waals surface area contributed by atoms with Crippen LogP contribution in [-0.2, 0) is 0 Å². The van der Waals surface area contributed by atoms with Crippen LogP contribution < -0.4 is 5.73 Å². The van der Waals surface area contributed by atoms with Crippen LogP contribution in [0.4, 0.5) is 14.5 Å². The summed E-state index contributed by atoms with van der Waals surface area (Å²) in [5, 5.41) is 0. The molecule has 0 fully saturated rings. The quantitative estimate of drug-likeness (QED) is 0.729. The first-order chi connectivity index (χ1) is 7.58. The van der Waals surface area contributed by atoms with Gasteiger partial charge < -0.3 is 5.73 Å². The van der Waals surface area contributed by atoms with E-state index in [1.807, 2.05) is 0 Å². The number of nitrogen functional groups attached to an aromatic ring is 1. The molecule has 0 spiro atoms. The monoisotopic (exact) mass is 219 g/mol. The second kappa shape index (κ2) is 3.93. The van der Waals surface area contributed by atoms with E-state index in [0.29, 0.717) is 16.8 Å². The number of nitrogens with two attached hydrogens (primary N) is 1. The fourth-order valence-corrected chi connectivity index (χ4v) is 1.57. The summed E-state index contributed by atoms with van der Waals surface area (Å²) in [5.41, 5.74) is 7.64. The van der Waals surface area contributed by atoms with Crippen molar-refractivity contribution in [1.82, 2.24) is 0 Å². The van der Waals surface area contributed by atoms with Crippen LogP contribution in [0, 0.1) is 18.6 Å². The molecule has 0 aliphatic carbocycles. The van der Waals surface area contributed by atoms with Crippen molar-refractivity contribution in [1.29, 1.82) is 0 Å². The zero-order valence-electron chi connectivity index (χ0n) is 8.80. The highest BCUT2D eigenvalue weighted by Crippen LogP contribution is 2.27. The number of hydrogen-bond donors (Lipinski definition) is 1. The van der Waals surface area contributed by atoms with Crippen molar-refractivity contribution in [2.45, 2.75) is 6.92 Å². The Morgan fingerprint density at radius 2 is 1.81 bits per heavy atom. The van der Waals surface area contributed by atoms with Gasteiger partial charge >= 0.3 is 0 Å². The van der Waals surface area contributed by atoms with Crippen LogP contribution >= 0.6 is 0 Å². The number of halogens is 2. The van der Waals surface area contributed by atoms with E-state index in [4.69, 9.17) is 5.73 Å². The fourth-order valence-electron chi connectivity index (χ4n) is 1.57. The number of hydrogen-bond acceptors (Lipinski definition) is 1. The van der Waals surface area contributed by atoms with Crippen molar-refractivity contribution in [2.24, 2.45) is 0 Å². The Bertz CT molecular complexity index is 535. The van der Waals surface area contributed by atoms with Crippen LogP contribution in [0.5, 0.6) is 0 Å². The summed E-state index contributed by atoms with van der Waals surface area (Å²) in [7, 11) is 0. The number of aryl methyl sites for hydroxylation is 1. The highest BCUT2D eigenvalue weighted by atomic mass is 19.1. The van der Waals surface area contributed by atoms with Crippen molar-refractivity contribution in [3.8, 4) is 11.1 Å². The lowest BCUT2D eigenvalue weighted by Gasteiger charge is -2.07. The van der Waals surface area contributed by atoms with Crippen LogP contribution in [0.1, 0.15) is 5.56 Å². The number of rotatable bonds is 1. The van der Waals surface area contributed by atoms with E-state index in [1.165, 1.54) is 18.2 Å². The first kappa shape index (κ1) is 10.6. The Morgan fingerprint density at radius 1 is 1.06 bits per heavy atom. The van der Waals surface area contributed by atoms with Gasteiger partial charge in [0.25, 0.3) is 0 Å². The lowest BCUT2D eigenvalue weighted by molar-refractivity contribution is 0.625. The van der Waals surface area contributed by atoms with E-state index < -0.39 is 5.82 Å². The summed E-state index contributed by atoms with van der Waals surface area (Å²) < 4.78 is 26.7. The molecule has 0 aliphatic heterocycles. The zero-order chi connectivity index (χ0) is 11.7. The molecule has 0 aromatic heterocycles. The number of anilines is 1. The maximum absolute atomic E-state index is 13.6. The highest BCUT2D eigenvalue weighted by molar-refractivity contribution is 5.68. The zero-order valence-corrected chi connectivity index (χ0v) is 8.80. The van der Waals surface area contributed by atoms with Gasteiger partial charge in [0.1, 0.15) is 11.6 Å². The standard InChI is InChI=1S/C13H11F2N/c1-8-5-11(12(15)7-13(8)16)9-3-2-4-10(14)6-9/h2-7H,16H2,1H3. The Kier molecular flexibility index (Phi) is 2.60. The van der Waals surface area contributed by atoms with Gasteiger partial charge in [-0.1, -0.05) is 12.1 Å². The van der Waals surface area contributed by atoms with Crippen LogP contribution in [0.15, 0.2) is 36.4 Å². The molecule has 1 nitrogen and oxygen atoms in total. The first-order valence-electron chi connectivity index (χ1n) is 4.89. The molecule has 0 aliphatic rings. The average Bonchev–Trinajstić information content (AvgIpc) is 2.23. The van der Waals surface area contributed by atoms with E-state index in [-0.39, 0.29) is 5.82 Å². The fraction of sp³-hybridized carbons (Fsp3) is 0.0769. The van der Waals surface area contributed by atoms with E-state index in [0.717, 1.165) is 5.56 Å². The lowest BCUT2D eigenvalue weighted by Crippen LogP contribution is -1.94. The Balaban J connectivity index is 2.60. The predicted molar refractivity (Wildman–Crippen MR) is 60.9 cm³/mol. The van der Waals surface area contributed by atoms with E-state index in [9.17, 15) is 8.78 Å². The third-order valence-electron chi connectivity index (χ3n) is 2.49. The molecule has 3 heteroatoms. The first-order valence-corrected chi connectivity index (χ1v) is 4.89. The summed E-state index contributed by atoms with van der Waals surface area (Å²) >= 11 is 0. The minimum absolute atomic E-state index is 0.367. The molecular formula is C13H11F2N. The highest BCUT2D eigenvalue weighted by Gasteiger charge is 2.08. The van der Waals surface area contributed by atoms with Gasteiger partial charge in [0, 0.05) is 11.3 Å². The maximum atomic E-state index is 13.6. The second-order valence-corrected chi connectivity index (χ2v) is 3.70. The van der Waals surface area contributed by atoms with Crippen molar-refractivity contribution >= 4 is 5.69 Å². The minimum Gasteiger partial charge on any atom is -0.398 e. The van der Waals surface area contributed by atoms with Crippen LogP contribution in [-0.4, -0.2) is 0 Å². The average molecular weight is 219 g/mol. The molecule has 0 saturated heterocycles. The van der Waals surface area contributed by atoms with Crippen molar-refractivity contribution in [3.05, 3.63) is 53.6 Å². The molecule has 0 radical (unpaired) electrons. The van der Waals surface area contributed by atoms with Crippen LogP contribution in [0.25, 0.3) is 11.1 Å². The third-order valence-corrected chi connectivity index (χ3v) is 2.49. The van der Waals surface area contributed by atoms with Crippen LogP contribution in [0.2, 0.25) is 0 Å². The molecule has 0 heterocycles. The largest absolute Gasteiger partial charge is 0.398 e. The second-order valence-electron chi connectivity index (χ2n) is 3.70. The summed E-state index contributed by atoms with van der Waals surface area (Å²) in [6.07, 6.45) is 0. The molecule has 0 unspecified atom stereocenters. The molecule has 0 saturated carbocycles. The van der Waals surface area contributed by atoms with Gasteiger partial charge in [-0.25, -0.2) is 8.78 Å². The minimum atomic E-state index is -0.436. The molecular weight excluding hydrogens is 208 g/mol. The Morgan fingerprint density at radius 3 is 2.50 bits per heavy atom. The predicted octanol–water partition coefficient (Wildman–Crippen LogP) is 3.52. The molecule has 0 amide bonds. The van der Waals surface area contributed by atoms with Crippen molar-refractivity contribution in [3.63, 3.8) is 0 Å². The van der Waals surface area contributed by atoms with E-state index >= 15 is 0 Å². The molecule has 2 aromatic rings. The molecule has 0 atom stereocenters. The third kappa shape index (κ3) is 1.89. The van der Waals surface area contributed by atoms with Gasteiger partial charge in [0.05, 0.1) is 0 Å². The van der Waals surface area contributed by atoms with E-state index in [1.54, 1.807) is 25.1 Å². The SMILES string of the molecule is Cc1cc(-c2cccc(F)c2)c(F)cc1N. The maximum Gasteiger partial charge on any atom is 0.133 e. The summed E-state index contributed by atoms with van der Waals surface area (Å²) in [5.74, 6) is -0.819. The normalized spacial score (nSPS) is 10.4. The lowest BCUT2D eigenvalue weighted by atomic mass is 10.0. The number of benzene rings is 2. The van der Waals surface area contributed by atoms with Gasteiger partial charge in [-0.15, -0.1) is 0 Å². The molecule has 0 bridgehead atoms. The molecule has 2 N–H and O–H groups in total. The Labute approximate surface area is 92.5 Å².